The van der Waals surface area contributed by atoms with Gasteiger partial charge in [-0.3, -0.25) is 9.78 Å². The van der Waals surface area contributed by atoms with Gasteiger partial charge in [0, 0.05) is 17.8 Å². The second-order valence-electron chi connectivity index (χ2n) is 5.92. The van der Waals surface area contributed by atoms with Crippen LogP contribution >= 0.6 is 0 Å². The molecule has 0 aliphatic rings. The lowest BCUT2D eigenvalue weighted by Crippen LogP contribution is -2.15. The van der Waals surface area contributed by atoms with E-state index in [1.807, 2.05) is 6.07 Å². The van der Waals surface area contributed by atoms with E-state index in [1.165, 1.54) is 12.3 Å². The Morgan fingerprint density at radius 3 is 2.43 bits per heavy atom. The molecule has 4 rings (SSSR count). The third kappa shape index (κ3) is 3.26. The molecule has 0 bridgehead atoms. The van der Waals surface area contributed by atoms with Crippen molar-refractivity contribution in [2.24, 2.45) is 5.14 Å². The number of ether oxygens (including phenoxy) is 1. The van der Waals surface area contributed by atoms with Gasteiger partial charge >= 0.3 is 0 Å². The minimum absolute atomic E-state index is 0.114. The molecule has 0 fully saturated rings. The molecule has 2 N–H and O–H groups in total. The van der Waals surface area contributed by atoms with Crippen molar-refractivity contribution >= 4 is 21.0 Å². The lowest BCUT2D eigenvalue weighted by molar-refractivity contribution is 0.445. The number of sulfonamides is 1. The molecule has 8 heteroatoms. The zero-order valence-corrected chi connectivity index (χ0v) is 15.2. The van der Waals surface area contributed by atoms with E-state index in [4.69, 9.17) is 14.3 Å². The molecular weight excluding hydrogens is 380 g/mol. The zero-order valence-electron chi connectivity index (χ0n) is 14.4. The summed E-state index contributed by atoms with van der Waals surface area (Å²) in [6.45, 7) is 0. The Kier molecular flexibility index (Phi) is 4.42. The van der Waals surface area contributed by atoms with Gasteiger partial charge in [0.05, 0.1) is 11.6 Å². The van der Waals surface area contributed by atoms with Gasteiger partial charge in [0.1, 0.15) is 10.5 Å². The Morgan fingerprint density at radius 1 is 0.964 bits per heavy atom. The first-order valence-electron chi connectivity index (χ1n) is 8.21. The number of hydrogen-bond donors (Lipinski definition) is 1. The molecule has 0 atom stereocenters. The monoisotopic (exact) mass is 394 g/mol. The Morgan fingerprint density at radius 2 is 1.68 bits per heavy atom. The topological polar surface area (TPSA) is 112 Å². The maximum absolute atomic E-state index is 13.1. The van der Waals surface area contributed by atoms with E-state index in [9.17, 15) is 13.2 Å². The molecule has 0 unspecified atom stereocenters. The fourth-order valence-corrected chi connectivity index (χ4v) is 3.37. The number of aromatic nitrogens is 1. The Labute approximate surface area is 160 Å². The van der Waals surface area contributed by atoms with Gasteiger partial charge in [-0.25, -0.2) is 13.6 Å². The van der Waals surface area contributed by atoms with Crippen molar-refractivity contribution in [1.29, 1.82) is 0 Å². The number of nitrogens with zero attached hydrogens (tertiary/aromatic N) is 1. The van der Waals surface area contributed by atoms with E-state index in [-0.39, 0.29) is 22.2 Å². The summed E-state index contributed by atoms with van der Waals surface area (Å²) in [5.74, 6) is -0.0697. The van der Waals surface area contributed by atoms with Crippen molar-refractivity contribution in [2.45, 2.75) is 4.90 Å². The molecule has 0 saturated heterocycles. The smallest absolute Gasteiger partial charge is 0.243 e. The maximum atomic E-state index is 13.1. The third-order valence-electron chi connectivity index (χ3n) is 4.06. The van der Waals surface area contributed by atoms with Gasteiger partial charge < -0.3 is 9.15 Å². The highest BCUT2D eigenvalue weighted by Crippen LogP contribution is 2.35. The van der Waals surface area contributed by atoms with Crippen molar-refractivity contribution in [2.75, 3.05) is 0 Å². The molecule has 0 radical (unpaired) electrons. The summed E-state index contributed by atoms with van der Waals surface area (Å²) >= 11 is 0. The predicted octanol–water partition coefficient (Wildman–Crippen LogP) is 3.29. The van der Waals surface area contributed by atoms with E-state index >= 15 is 0 Å². The summed E-state index contributed by atoms with van der Waals surface area (Å²) in [7, 11) is -4.11. The molecule has 0 aliphatic heterocycles. The van der Waals surface area contributed by atoms with Crippen LogP contribution in [0.2, 0.25) is 0 Å². The van der Waals surface area contributed by atoms with Gasteiger partial charge in [0.2, 0.25) is 21.2 Å². The number of hydrogen-bond acceptors (Lipinski definition) is 6. The Hall–Kier alpha value is -3.49. The molecular formula is C20H14N2O5S. The lowest BCUT2D eigenvalue weighted by atomic mass is 10.1. The van der Waals surface area contributed by atoms with Gasteiger partial charge in [0.15, 0.2) is 11.5 Å². The van der Waals surface area contributed by atoms with Crippen molar-refractivity contribution in [3.05, 3.63) is 83.3 Å². The highest BCUT2D eigenvalue weighted by molar-refractivity contribution is 7.89. The molecule has 0 aliphatic carbocycles. The number of benzene rings is 2. The van der Waals surface area contributed by atoms with Crippen LogP contribution in [0.5, 0.6) is 11.5 Å². The minimum Gasteiger partial charge on any atom is -0.452 e. The SMILES string of the molecule is NS(=O)(=O)c1cnccc1Oc1c(-c2ccccc2)oc2ccccc2c1=O. The molecule has 7 nitrogen and oxygen atoms in total. The molecule has 0 spiro atoms. The van der Waals surface area contributed by atoms with Crippen LogP contribution in [0, 0.1) is 0 Å². The molecule has 2 aromatic carbocycles. The molecule has 0 amide bonds. The van der Waals surface area contributed by atoms with Crippen LogP contribution in [0.15, 0.2) is 87.2 Å². The number of primary sulfonamides is 1. The summed E-state index contributed by atoms with van der Waals surface area (Å²) in [5, 5.41) is 5.55. The Balaban J connectivity index is 2.00. The molecule has 4 aromatic rings. The van der Waals surface area contributed by atoms with Gasteiger partial charge in [-0.1, -0.05) is 42.5 Å². The normalized spacial score (nSPS) is 11.5. The molecule has 2 heterocycles. The van der Waals surface area contributed by atoms with Crippen LogP contribution in [0.4, 0.5) is 0 Å². The third-order valence-corrected chi connectivity index (χ3v) is 4.98. The van der Waals surface area contributed by atoms with E-state index in [0.717, 1.165) is 6.20 Å². The summed E-state index contributed by atoms with van der Waals surface area (Å²) in [4.78, 5) is 16.5. The van der Waals surface area contributed by atoms with Crippen molar-refractivity contribution < 1.29 is 17.6 Å². The van der Waals surface area contributed by atoms with E-state index in [0.29, 0.717) is 16.5 Å². The second kappa shape index (κ2) is 6.91. The van der Waals surface area contributed by atoms with Gasteiger partial charge in [0.25, 0.3) is 0 Å². The average Bonchev–Trinajstić information content (AvgIpc) is 2.70. The minimum atomic E-state index is -4.11. The number of para-hydroxylation sites is 1. The Bertz CT molecular complexity index is 1330. The van der Waals surface area contributed by atoms with Gasteiger partial charge in [-0.15, -0.1) is 0 Å². The van der Waals surface area contributed by atoms with Crippen LogP contribution < -0.4 is 15.3 Å². The standard InChI is InChI=1S/C20H14N2O5S/c21-28(24,25)17-12-22-11-10-16(17)27-20-18(23)14-8-4-5-9-15(14)26-19(20)13-6-2-1-3-7-13/h1-12H,(H2,21,24,25). The first kappa shape index (κ1) is 17.9. The van der Waals surface area contributed by atoms with Crippen molar-refractivity contribution in [3.63, 3.8) is 0 Å². The zero-order chi connectivity index (χ0) is 19.7. The number of nitrogens with two attached hydrogens (primary N) is 1. The average molecular weight is 394 g/mol. The molecule has 2 aromatic heterocycles. The lowest BCUT2D eigenvalue weighted by Gasteiger charge is -2.13. The van der Waals surface area contributed by atoms with Gasteiger partial charge in [-0.2, -0.15) is 0 Å². The van der Waals surface area contributed by atoms with Crippen LogP contribution in [-0.4, -0.2) is 13.4 Å². The highest BCUT2D eigenvalue weighted by Gasteiger charge is 2.22. The first-order chi connectivity index (χ1) is 13.4. The highest BCUT2D eigenvalue weighted by atomic mass is 32.2. The summed E-state index contributed by atoms with van der Waals surface area (Å²) in [5.41, 5.74) is 0.560. The van der Waals surface area contributed by atoms with Crippen LogP contribution in [0.25, 0.3) is 22.3 Å². The summed E-state index contributed by atoms with van der Waals surface area (Å²) in [6, 6.07) is 17.0. The van der Waals surface area contributed by atoms with E-state index < -0.39 is 15.5 Å². The largest absolute Gasteiger partial charge is 0.452 e. The predicted molar refractivity (Wildman–Crippen MR) is 104 cm³/mol. The van der Waals surface area contributed by atoms with Crippen molar-refractivity contribution in [1.82, 2.24) is 4.98 Å². The molecule has 0 saturated carbocycles. The fourth-order valence-electron chi connectivity index (χ4n) is 2.77. The van der Waals surface area contributed by atoms with Crippen LogP contribution in [-0.2, 0) is 10.0 Å². The fraction of sp³-hybridized carbons (Fsp3) is 0. The number of fused-ring (bicyclic) bond motifs is 1. The summed E-state index contributed by atoms with van der Waals surface area (Å²) in [6.07, 6.45) is 2.41. The molecule has 140 valence electrons. The van der Waals surface area contributed by atoms with Crippen molar-refractivity contribution in [3.8, 4) is 22.8 Å². The quantitative estimate of drug-likeness (QED) is 0.568. The first-order valence-corrected chi connectivity index (χ1v) is 9.76. The number of rotatable bonds is 4. The van der Waals surface area contributed by atoms with Crippen LogP contribution in [0.1, 0.15) is 0 Å². The van der Waals surface area contributed by atoms with E-state index in [1.54, 1.807) is 48.5 Å². The second-order valence-corrected chi connectivity index (χ2v) is 7.45. The molecule has 28 heavy (non-hydrogen) atoms. The number of pyridine rings is 1. The maximum Gasteiger partial charge on any atom is 0.243 e. The van der Waals surface area contributed by atoms with Crippen LogP contribution in [0.3, 0.4) is 0 Å². The summed E-state index contributed by atoms with van der Waals surface area (Å²) < 4.78 is 35.4. The van der Waals surface area contributed by atoms with Gasteiger partial charge in [-0.05, 0) is 12.1 Å². The van der Waals surface area contributed by atoms with E-state index in [2.05, 4.69) is 4.98 Å².